The van der Waals surface area contributed by atoms with Gasteiger partial charge in [0.05, 0.1) is 6.54 Å². The van der Waals surface area contributed by atoms with E-state index >= 15 is 0 Å². The highest BCUT2D eigenvalue weighted by Gasteiger charge is 1.96. The summed E-state index contributed by atoms with van der Waals surface area (Å²) in [6.07, 6.45) is 3.76. The van der Waals surface area contributed by atoms with Gasteiger partial charge in [-0.3, -0.25) is 4.79 Å². The topological polar surface area (TPSA) is 56.9 Å². The Hall–Kier alpha value is -1.29. The zero-order valence-corrected chi connectivity index (χ0v) is 7.05. The van der Waals surface area contributed by atoms with Gasteiger partial charge in [-0.1, -0.05) is 0 Å². The van der Waals surface area contributed by atoms with Gasteiger partial charge in [0.15, 0.2) is 0 Å². The summed E-state index contributed by atoms with van der Waals surface area (Å²) >= 11 is 0. The summed E-state index contributed by atoms with van der Waals surface area (Å²) in [5.74, 6) is 0.00513. The molecule has 1 aromatic heterocycles. The number of nitrogens with one attached hydrogen (secondary N) is 3. The molecule has 4 heteroatoms. The highest BCUT2D eigenvalue weighted by Crippen LogP contribution is 1.93. The van der Waals surface area contributed by atoms with E-state index in [0.717, 1.165) is 12.1 Å². The number of carbonyl (C=O) groups excluding carboxylic acids is 1. The van der Waals surface area contributed by atoms with Crippen molar-refractivity contribution in [3.05, 3.63) is 24.0 Å². The van der Waals surface area contributed by atoms with E-state index in [9.17, 15) is 4.79 Å². The van der Waals surface area contributed by atoms with Crippen LogP contribution in [0.25, 0.3) is 0 Å². The molecule has 66 valence electrons. The van der Waals surface area contributed by atoms with Crippen molar-refractivity contribution in [2.24, 2.45) is 0 Å². The van der Waals surface area contributed by atoms with Gasteiger partial charge in [-0.05, 0) is 11.6 Å². The number of H-pyrrole nitrogens is 1. The average Bonchev–Trinajstić information content (AvgIpc) is 2.57. The standard InChI is InChI=1S/C8H13N3O/c1-9-8(12)6-11-5-7-2-3-10-4-7/h2-4,10-11H,5-6H2,1H3,(H,9,12). The highest BCUT2D eigenvalue weighted by atomic mass is 16.1. The zero-order valence-electron chi connectivity index (χ0n) is 7.05. The molecule has 3 N–H and O–H groups in total. The molecule has 0 aliphatic heterocycles. The Balaban J connectivity index is 2.15. The van der Waals surface area contributed by atoms with Crippen LogP contribution in [0.2, 0.25) is 0 Å². The third-order valence-corrected chi connectivity index (χ3v) is 1.56. The molecule has 1 aromatic rings. The summed E-state index contributed by atoms with van der Waals surface area (Å²) < 4.78 is 0. The maximum absolute atomic E-state index is 10.8. The van der Waals surface area contributed by atoms with Crippen molar-refractivity contribution in [3.63, 3.8) is 0 Å². The third kappa shape index (κ3) is 2.75. The summed E-state index contributed by atoms with van der Waals surface area (Å²) in [7, 11) is 1.63. The number of likely N-dealkylation sites (N-methyl/N-ethyl adjacent to an activating group) is 1. The number of amides is 1. The van der Waals surface area contributed by atoms with E-state index in [1.54, 1.807) is 7.05 Å². The Bertz CT molecular complexity index is 230. The molecule has 1 rings (SSSR count). The second-order valence-corrected chi connectivity index (χ2v) is 2.50. The lowest BCUT2D eigenvalue weighted by molar-refractivity contribution is -0.119. The first-order chi connectivity index (χ1) is 5.83. The predicted molar refractivity (Wildman–Crippen MR) is 46.6 cm³/mol. The van der Waals surface area contributed by atoms with Crippen LogP contribution in [-0.2, 0) is 11.3 Å². The molecule has 12 heavy (non-hydrogen) atoms. The molecule has 0 unspecified atom stereocenters. The first kappa shape index (κ1) is 8.80. The van der Waals surface area contributed by atoms with E-state index in [2.05, 4.69) is 15.6 Å². The van der Waals surface area contributed by atoms with Crippen molar-refractivity contribution in [3.8, 4) is 0 Å². The fraction of sp³-hybridized carbons (Fsp3) is 0.375. The Kier molecular flexibility index (Phi) is 3.35. The molecule has 0 bridgehead atoms. The lowest BCUT2D eigenvalue weighted by atomic mass is 10.3. The number of aromatic nitrogens is 1. The van der Waals surface area contributed by atoms with Gasteiger partial charge in [-0.2, -0.15) is 0 Å². The molecular formula is C8H13N3O. The lowest BCUT2D eigenvalue weighted by Gasteiger charge is -2.00. The van der Waals surface area contributed by atoms with Crippen LogP contribution in [0.15, 0.2) is 18.5 Å². The number of hydrogen-bond acceptors (Lipinski definition) is 2. The predicted octanol–water partition coefficient (Wildman–Crippen LogP) is -0.150. The minimum atomic E-state index is 0.00513. The highest BCUT2D eigenvalue weighted by molar-refractivity contribution is 5.77. The van der Waals surface area contributed by atoms with Gasteiger partial charge in [0.2, 0.25) is 5.91 Å². The molecule has 0 atom stereocenters. The molecule has 0 aliphatic rings. The van der Waals surface area contributed by atoms with Crippen LogP contribution in [0.1, 0.15) is 5.56 Å². The van der Waals surface area contributed by atoms with Gasteiger partial charge < -0.3 is 15.6 Å². The summed E-state index contributed by atoms with van der Waals surface area (Å²) in [5, 5.41) is 5.54. The van der Waals surface area contributed by atoms with Gasteiger partial charge in [0.25, 0.3) is 0 Å². The molecule has 0 aliphatic carbocycles. The normalized spacial score (nSPS) is 9.75. The van der Waals surface area contributed by atoms with Crippen LogP contribution in [0.3, 0.4) is 0 Å². The Morgan fingerprint density at radius 3 is 3.08 bits per heavy atom. The van der Waals surface area contributed by atoms with Crippen LogP contribution in [0.5, 0.6) is 0 Å². The number of carbonyl (C=O) groups is 1. The monoisotopic (exact) mass is 167 g/mol. The van der Waals surface area contributed by atoms with Gasteiger partial charge in [-0.25, -0.2) is 0 Å². The molecule has 0 radical (unpaired) electrons. The van der Waals surface area contributed by atoms with E-state index < -0.39 is 0 Å². The van der Waals surface area contributed by atoms with Gasteiger partial charge >= 0.3 is 0 Å². The van der Waals surface area contributed by atoms with Gasteiger partial charge in [0.1, 0.15) is 0 Å². The van der Waals surface area contributed by atoms with Crippen molar-refractivity contribution in [2.75, 3.05) is 13.6 Å². The van der Waals surface area contributed by atoms with Crippen molar-refractivity contribution in [1.29, 1.82) is 0 Å². The maximum Gasteiger partial charge on any atom is 0.233 e. The molecule has 1 heterocycles. The van der Waals surface area contributed by atoms with Crippen LogP contribution in [0, 0.1) is 0 Å². The quantitative estimate of drug-likeness (QED) is 0.584. The van der Waals surface area contributed by atoms with Gasteiger partial charge in [0, 0.05) is 26.0 Å². The van der Waals surface area contributed by atoms with E-state index in [1.807, 2.05) is 18.5 Å². The maximum atomic E-state index is 10.8. The second kappa shape index (κ2) is 4.56. The van der Waals surface area contributed by atoms with Crippen molar-refractivity contribution < 1.29 is 4.79 Å². The average molecular weight is 167 g/mol. The van der Waals surface area contributed by atoms with Crippen LogP contribution >= 0.6 is 0 Å². The number of aromatic amines is 1. The Morgan fingerprint density at radius 2 is 2.50 bits per heavy atom. The minimum Gasteiger partial charge on any atom is -0.367 e. The smallest absolute Gasteiger partial charge is 0.233 e. The molecule has 0 saturated carbocycles. The third-order valence-electron chi connectivity index (χ3n) is 1.56. The van der Waals surface area contributed by atoms with E-state index in [1.165, 1.54) is 0 Å². The molecule has 0 fully saturated rings. The second-order valence-electron chi connectivity index (χ2n) is 2.50. The summed E-state index contributed by atoms with van der Waals surface area (Å²) in [6, 6.07) is 1.97. The van der Waals surface area contributed by atoms with E-state index in [-0.39, 0.29) is 5.91 Å². The molecule has 0 saturated heterocycles. The first-order valence-corrected chi connectivity index (χ1v) is 3.86. The van der Waals surface area contributed by atoms with Crippen molar-refractivity contribution in [2.45, 2.75) is 6.54 Å². The largest absolute Gasteiger partial charge is 0.367 e. The number of rotatable bonds is 4. The summed E-state index contributed by atoms with van der Waals surface area (Å²) in [5.41, 5.74) is 1.15. The van der Waals surface area contributed by atoms with Gasteiger partial charge in [-0.15, -0.1) is 0 Å². The fourth-order valence-corrected chi connectivity index (χ4v) is 0.877. The molecule has 4 nitrogen and oxygen atoms in total. The zero-order chi connectivity index (χ0) is 8.81. The van der Waals surface area contributed by atoms with Crippen molar-refractivity contribution >= 4 is 5.91 Å². The van der Waals surface area contributed by atoms with Crippen LogP contribution in [-0.4, -0.2) is 24.5 Å². The molecule has 0 aromatic carbocycles. The molecule has 1 amide bonds. The number of hydrogen-bond donors (Lipinski definition) is 3. The lowest BCUT2D eigenvalue weighted by Crippen LogP contribution is -2.30. The van der Waals surface area contributed by atoms with Crippen molar-refractivity contribution in [1.82, 2.24) is 15.6 Å². The summed E-state index contributed by atoms with van der Waals surface area (Å²) in [6.45, 7) is 1.08. The Labute approximate surface area is 71.4 Å². The SMILES string of the molecule is CNC(=O)CNCc1cc[nH]c1. The van der Waals surface area contributed by atoms with E-state index in [0.29, 0.717) is 6.54 Å². The van der Waals surface area contributed by atoms with Crippen LogP contribution in [0.4, 0.5) is 0 Å². The fourth-order valence-electron chi connectivity index (χ4n) is 0.877. The van der Waals surface area contributed by atoms with E-state index in [4.69, 9.17) is 0 Å². The first-order valence-electron chi connectivity index (χ1n) is 3.86. The molecular weight excluding hydrogens is 154 g/mol. The minimum absolute atomic E-state index is 0.00513. The Morgan fingerprint density at radius 1 is 1.67 bits per heavy atom. The van der Waals surface area contributed by atoms with Crippen LogP contribution < -0.4 is 10.6 Å². The summed E-state index contributed by atoms with van der Waals surface area (Å²) in [4.78, 5) is 13.7. The molecule has 0 spiro atoms.